The topological polar surface area (TPSA) is 102 Å². The molecule has 1 aliphatic heterocycles. The molecule has 29 heavy (non-hydrogen) atoms. The average molecular weight is 394 g/mol. The molecule has 0 spiro atoms. The van der Waals surface area contributed by atoms with Gasteiger partial charge in [-0.15, -0.1) is 0 Å². The molecule has 1 N–H and O–H groups in total. The molecular weight excluding hydrogens is 368 g/mol. The molecule has 1 fully saturated rings. The number of aromatic nitrogens is 6. The number of amides is 1. The maximum Gasteiger partial charge on any atom is 0.224 e. The molecule has 4 heterocycles. The number of imidazole rings is 1. The lowest BCUT2D eigenvalue weighted by atomic mass is 10.2. The monoisotopic (exact) mass is 394 g/mol. The number of hydrogen-bond donors (Lipinski definition) is 1. The van der Waals surface area contributed by atoms with E-state index in [1.54, 1.807) is 12.4 Å². The van der Waals surface area contributed by atoms with Crippen molar-refractivity contribution in [1.29, 1.82) is 0 Å². The maximum atomic E-state index is 12.4. The standard InChI is InChI=1S/C20H26N8O/c1-4-28-19(15-10-21-14(3)22-11-15)26-17-18(23-12-24-20(17)28)25-13(2)9-16(29)27-7-5-6-8-27/h10-13H,4-9H2,1-3H3,(H,23,24,25)/t13-/m1/s1. The van der Waals surface area contributed by atoms with Crippen LogP contribution in [0.5, 0.6) is 0 Å². The summed E-state index contributed by atoms with van der Waals surface area (Å²) < 4.78 is 2.02. The predicted octanol–water partition coefficient (Wildman–Crippen LogP) is 2.42. The lowest BCUT2D eigenvalue weighted by Gasteiger charge is -2.19. The number of hydrogen-bond acceptors (Lipinski definition) is 7. The molecule has 0 aromatic carbocycles. The molecule has 1 amide bonds. The van der Waals surface area contributed by atoms with E-state index < -0.39 is 0 Å². The van der Waals surface area contributed by atoms with Gasteiger partial charge in [-0.3, -0.25) is 4.79 Å². The van der Waals surface area contributed by atoms with Crippen molar-refractivity contribution in [3.63, 3.8) is 0 Å². The third kappa shape index (κ3) is 3.90. The molecule has 3 aromatic rings. The Bertz CT molecular complexity index is 1010. The summed E-state index contributed by atoms with van der Waals surface area (Å²) >= 11 is 0. The lowest BCUT2D eigenvalue weighted by molar-refractivity contribution is -0.130. The van der Waals surface area contributed by atoms with Crippen LogP contribution in [0.15, 0.2) is 18.7 Å². The van der Waals surface area contributed by atoms with Crippen molar-refractivity contribution in [2.45, 2.75) is 52.6 Å². The van der Waals surface area contributed by atoms with E-state index in [1.165, 1.54) is 6.33 Å². The van der Waals surface area contributed by atoms with Gasteiger partial charge in [-0.25, -0.2) is 24.9 Å². The van der Waals surface area contributed by atoms with Crippen molar-refractivity contribution in [3.8, 4) is 11.4 Å². The first-order chi connectivity index (χ1) is 14.1. The second-order valence-corrected chi connectivity index (χ2v) is 7.43. The fourth-order valence-electron chi connectivity index (χ4n) is 3.71. The fourth-order valence-corrected chi connectivity index (χ4v) is 3.71. The number of aryl methyl sites for hydroxylation is 2. The minimum atomic E-state index is -0.0564. The minimum Gasteiger partial charge on any atom is -0.365 e. The molecule has 0 bridgehead atoms. The number of fused-ring (bicyclic) bond motifs is 1. The molecule has 9 nitrogen and oxygen atoms in total. The summed E-state index contributed by atoms with van der Waals surface area (Å²) in [6.45, 7) is 8.34. The van der Waals surface area contributed by atoms with Crippen LogP contribution >= 0.6 is 0 Å². The Morgan fingerprint density at radius 2 is 1.90 bits per heavy atom. The van der Waals surface area contributed by atoms with Crippen molar-refractivity contribution in [1.82, 2.24) is 34.4 Å². The SMILES string of the molecule is CCn1c(-c2cnc(C)nc2)nc2c(N[C@H](C)CC(=O)N3CCCC3)ncnc21. The van der Waals surface area contributed by atoms with Gasteiger partial charge in [-0.05, 0) is 33.6 Å². The molecule has 152 valence electrons. The summed E-state index contributed by atoms with van der Waals surface area (Å²) in [5.41, 5.74) is 2.27. The lowest BCUT2D eigenvalue weighted by Crippen LogP contribution is -2.32. The molecule has 0 saturated carbocycles. The van der Waals surface area contributed by atoms with E-state index in [2.05, 4.69) is 25.3 Å². The van der Waals surface area contributed by atoms with E-state index in [4.69, 9.17) is 4.98 Å². The van der Waals surface area contributed by atoms with Gasteiger partial charge in [0.1, 0.15) is 18.0 Å². The Labute approximate surface area is 169 Å². The number of nitrogens with zero attached hydrogens (tertiary/aromatic N) is 7. The smallest absolute Gasteiger partial charge is 0.224 e. The number of carbonyl (C=O) groups is 1. The molecule has 1 aliphatic rings. The molecule has 3 aromatic heterocycles. The summed E-state index contributed by atoms with van der Waals surface area (Å²) in [5.74, 6) is 2.29. The quantitative estimate of drug-likeness (QED) is 0.685. The number of anilines is 1. The van der Waals surface area contributed by atoms with E-state index in [9.17, 15) is 4.79 Å². The number of likely N-dealkylation sites (tertiary alicyclic amines) is 1. The zero-order chi connectivity index (χ0) is 20.4. The van der Waals surface area contributed by atoms with E-state index in [0.29, 0.717) is 30.1 Å². The Morgan fingerprint density at radius 1 is 1.17 bits per heavy atom. The molecule has 0 aliphatic carbocycles. The highest BCUT2D eigenvalue weighted by molar-refractivity contribution is 5.86. The van der Waals surface area contributed by atoms with Crippen LogP contribution < -0.4 is 5.32 Å². The van der Waals surface area contributed by atoms with Crippen LogP contribution in [0.4, 0.5) is 5.82 Å². The Balaban J connectivity index is 1.61. The van der Waals surface area contributed by atoms with Gasteiger partial charge in [0, 0.05) is 44.5 Å². The van der Waals surface area contributed by atoms with Crippen LogP contribution in [-0.2, 0) is 11.3 Å². The summed E-state index contributed by atoms with van der Waals surface area (Å²) in [6, 6.07) is -0.0564. The van der Waals surface area contributed by atoms with Crippen molar-refractivity contribution in [2.24, 2.45) is 0 Å². The third-order valence-electron chi connectivity index (χ3n) is 5.21. The van der Waals surface area contributed by atoms with Crippen LogP contribution in [0.3, 0.4) is 0 Å². The van der Waals surface area contributed by atoms with Gasteiger partial charge in [0.15, 0.2) is 17.0 Å². The zero-order valence-corrected chi connectivity index (χ0v) is 17.1. The first-order valence-electron chi connectivity index (χ1n) is 10.1. The number of nitrogens with one attached hydrogen (secondary N) is 1. The Kier molecular flexibility index (Phi) is 5.37. The van der Waals surface area contributed by atoms with Crippen LogP contribution in [0.2, 0.25) is 0 Å². The van der Waals surface area contributed by atoms with Crippen molar-refractivity contribution in [3.05, 3.63) is 24.5 Å². The first kappa shape index (κ1) is 19.2. The van der Waals surface area contributed by atoms with Crippen LogP contribution in [0, 0.1) is 6.92 Å². The van der Waals surface area contributed by atoms with E-state index in [-0.39, 0.29) is 11.9 Å². The fraction of sp³-hybridized carbons (Fsp3) is 0.500. The van der Waals surface area contributed by atoms with Crippen molar-refractivity contribution in [2.75, 3.05) is 18.4 Å². The van der Waals surface area contributed by atoms with E-state index in [1.807, 2.05) is 30.2 Å². The van der Waals surface area contributed by atoms with Gasteiger partial charge < -0.3 is 14.8 Å². The molecule has 1 saturated heterocycles. The zero-order valence-electron chi connectivity index (χ0n) is 17.1. The molecular formula is C20H26N8O. The summed E-state index contributed by atoms with van der Waals surface area (Å²) in [5, 5.41) is 3.36. The van der Waals surface area contributed by atoms with Crippen LogP contribution in [-0.4, -0.2) is 59.4 Å². The largest absolute Gasteiger partial charge is 0.365 e. The van der Waals surface area contributed by atoms with Gasteiger partial charge in [-0.2, -0.15) is 0 Å². The highest BCUT2D eigenvalue weighted by atomic mass is 16.2. The minimum absolute atomic E-state index is 0.0564. The first-order valence-corrected chi connectivity index (χ1v) is 10.1. The summed E-state index contributed by atoms with van der Waals surface area (Å²) in [4.78, 5) is 36.6. The third-order valence-corrected chi connectivity index (χ3v) is 5.21. The van der Waals surface area contributed by atoms with Crippen LogP contribution in [0.1, 0.15) is 38.9 Å². The van der Waals surface area contributed by atoms with Gasteiger partial charge in [0.2, 0.25) is 5.91 Å². The van der Waals surface area contributed by atoms with Gasteiger partial charge in [0.25, 0.3) is 0 Å². The highest BCUT2D eigenvalue weighted by Gasteiger charge is 2.22. The summed E-state index contributed by atoms with van der Waals surface area (Å²) in [7, 11) is 0. The molecule has 0 radical (unpaired) electrons. The summed E-state index contributed by atoms with van der Waals surface area (Å²) in [6.07, 6.45) is 7.70. The van der Waals surface area contributed by atoms with Gasteiger partial charge in [0.05, 0.1) is 5.56 Å². The second kappa shape index (κ2) is 8.10. The number of carbonyl (C=O) groups excluding carboxylic acids is 1. The normalized spacial score (nSPS) is 15.1. The van der Waals surface area contributed by atoms with Crippen LogP contribution in [0.25, 0.3) is 22.6 Å². The van der Waals surface area contributed by atoms with Crippen molar-refractivity contribution >= 4 is 22.9 Å². The van der Waals surface area contributed by atoms with E-state index in [0.717, 1.165) is 43.0 Å². The maximum absolute atomic E-state index is 12.4. The molecule has 9 heteroatoms. The van der Waals surface area contributed by atoms with Crippen molar-refractivity contribution < 1.29 is 4.79 Å². The predicted molar refractivity (Wildman–Crippen MR) is 110 cm³/mol. The molecule has 0 unspecified atom stereocenters. The average Bonchev–Trinajstić information content (AvgIpc) is 3.37. The number of rotatable bonds is 6. The Morgan fingerprint density at radius 3 is 2.59 bits per heavy atom. The molecule has 4 rings (SSSR count). The highest BCUT2D eigenvalue weighted by Crippen LogP contribution is 2.26. The second-order valence-electron chi connectivity index (χ2n) is 7.43. The van der Waals surface area contributed by atoms with E-state index >= 15 is 0 Å². The molecule has 1 atom stereocenters. The van der Waals surface area contributed by atoms with Gasteiger partial charge in [-0.1, -0.05) is 0 Å². The Hall–Kier alpha value is -3.10. The van der Waals surface area contributed by atoms with Gasteiger partial charge >= 0.3 is 0 Å².